The van der Waals surface area contributed by atoms with Gasteiger partial charge in [0.25, 0.3) is 5.91 Å². The molecule has 0 atom stereocenters. The first-order valence-corrected chi connectivity index (χ1v) is 7.61. The van der Waals surface area contributed by atoms with E-state index in [4.69, 9.17) is 0 Å². The zero-order chi connectivity index (χ0) is 13.7. The number of carbonyl (C=O) groups is 1. The van der Waals surface area contributed by atoms with Gasteiger partial charge in [0.05, 0.1) is 5.56 Å². The molecule has 1 aromatic heterocycles. The minimum Gasteiger partial charge on any atom is -0.352 e. The fraction of sp³-hybridized carbons (Fsp3) is 0.571. The fourth-order valence-electron chi connectivity index (χ4n) is 2.39. The largest absolute Gasteiger partial charge is 0.352 e. The summed E-state index contributed by atoms with van der Waals surface area (Å²) < 4.78 is 0.605. The number of pyridine rings is 1. The van der Waals surface area contributed by atoms with E-state index in [1.54, 1.807) is 18.3 Å². The number of likely N-dealkylation sites (tertiary alicyclic amines) is 1. The average molecular weight is 326 g/mol. The Morgan fingerprint density at radius 1 is 1.53 bits per heavy atom. The van der Waals surface area contributed by atoms with Gasteiger partial charge in [0.15, 0.2) is 0 Å². The van der Waals surface area contributed by atoms with Crippen LogP contribution in [0.1, 0.15) is 30.1 Å². The van der Waals surface area contributed by atoms with E-state index in [1.165, 1.54) is 12.8 Å². The Morgan fingerprint density at radius 3 is 2.89 bits per heavy atom. The van der Waals surface area contributed by atoms with Crippen LogP contribution in [0, 0.1) is 5.92 Å². The summed E-state index contributed by atoms with van der Waals surface area (Å²) >= 11 is 3.30. The molecular weight excluding hydrogens is 306 g/mol. The van der Waals surface area contributed by atoms with Crippen LogP contribution in [0.5, 0.6) is 0 Å². The molecular formula is C14H20BrN3O. The molecule has 0 radical (unpaired) electrons. The molecule has 0 aliphatic carbocycles. The second kappa shape index (κ2) is 7.01. The van der Waals surface area contributed by atoms with Crippen LogP contribution in [0.25, 0.3) is 0 Å². The molecule has 2 rings (SSSR count). The summed E-state index contributed by atoms with van der Waals surface area (Å²) in [5, 5.41) is 3.01. The summed E-state index contributed by atoms with van der Waals surface area (Å²) in [4.78, 5) is 18.6. The maximum Gasteiger partial charge on any atom is 0.254 e. The van der Waals surface area contributed by atoms with Gasteiger partial charge >= 0.3 is 0 Å². The standard InChI is InChI=1S/C14H20BrN3O/c1-2-18-8-5-11(6-9-18)10-17-14(19)12-4-3-7-16-13(12)15/h3-4,7,11H,2,5-6,8-10H2,1H3,(H,17,19). The van der Waals surface area contributed by atoms with Gasteiger partial charge in [-0.25, -0.2) is 4.98 Å². The van der Waals surface area contributed by atoms with Gasteiger partial charge in [-0.1, -0.05) is 6.92 Å². The molecule has 5 heteroatoms. The van der Waals surface area contributed by atoms with Crippen molar-refractivity contribution in [3.05, 3.63) is 28.5 Å². The minimum absolute atomic E-state index is 0.0436. The zero-order valence-corrected chi connectivity index (χ0v) is 12.8. The lowest BCUT2D eigenvalue weighted by molar-refractivity contribution is 0.0935. The number of carbonyl (C=O) groups excluding carboxylic acids is 1. The summed E-state index contributed by atoms with van der Waals surface area (Å²) in [7, 11) is 0. The number of nitrogens with zero attached hydrogens (tertiary/aromatic N) is 2. The van der Waals surface area contributed by atoms with E-state index in [0.717, 1.165) is 26.2 Å². The molecule has 104 valence electrons. The highest BCUT2D eigenvalue weighted by Gasteiger charge is 2.19. The van der Waals surface area contributed by atoms with Gasteiger partial charge in [-0.2, -0.15) is 0 Å². The van der Waals surface area contributed by atoms with E-state index < -0.39 is 0 Å². The predicted octanol–water partition coefficient (Wildman–Crippen LogP) is 2.31. The first kappa shape index (κ1) is 14.5. The number of amides is 1. The zero-order valence-electron chi connectivity index (χ0n) is 11.2. The molecule has 1 aliphatic rings. The lowest BCUT2D eigenvalue weighted by Crippen LogP contribution is -2.38. The van der Waals surface area contributed by atoms with Gasteiger partial charge < -0.3 is 10.2 Å². The number of nitrogens with one attached hydrogen (secondary N) is 1. The van der Waals surface area contributed by atoms with Crippen LogP contribution in [0.2, 0.25) is 0 Å². The Balaban J connectivity index is 1.80. The lowest BCUT2D eigenvalue weighted by Gasteiger charge is -2.31. The average Bonchev–Trinajstić information content (AvgIpc) is 2.46. The smallest absolute Gasteiger partial charge is 0.254 e. The fourth-order valence-corrected chi connectivity index (χ4v) is 2.82. The Morgan fingerprint density at radius 2 is 2.26 bits per heavy atom. The Kier molecular flexibility index (Phi) is 5.34. The van der Waals surface area contributed by atoms with Gasteiger partial charge in [-0.05, 0) is 66.5 Å². The molecule has 0 saturated carbocycles. The van der Waals surface area contributed by atoms with Crippen LogP contribution in [-0.4, -0.2) is 42.0 Å². The van der Waals surface area contributed by atoms with Gasteiger partial charge in [0, 0.05) is 12.7 Å². The highest BCUT2D eigenvalue weighted by Crippen LogP contribution is 2.17. The molecule has 2 heterocycles. The first-order valence-electron chi connectivity index (χ1n) is 6.81. The molecule has 1 aliphatic heterocycles. The van der Waals surface area contributed by atoms with E-state index in [9.17, 15) is 4.79 Å². The molecule has 1 N–H and O–H groups in total. The molecule has 1 aromatic rings. The number of piperidine rings is 1. The topological polar surface area (TPSA) is 45.2 Å². The normalized spacial score (nSPS) is 17.4. The monoisotopic (exact) mass is 325 g/mol. The van der Waals surface area contributed by atoms with Crippen molar-refractivity contribution < 1.29 is 4.79 Å². The maximum absolute atomic E-state index is 12.0. The van der Waals surface area contributed by atoms with Gasteiger partial charge in [-0.3, -0.25) is 4.79 Å². The second-order valence-corrected chi connectivity index (χ2v) is 5.68. The van der Waals surface area contributed by atoms with Crippen molar-refractivity contribution in [2.75, 3.05) is 26.2 Å². The van der Waals surface area contributed by atoms with E-state index in [2.05, 4.69) is 38.1 Å². The summed E-state index contributed by atoms with van der Waals surface area (Å²) in [6, 6.07) is 3.56. The van der Waals surface area contributed by atoms with E-state index in [1.807, 2.05) is 0 Å². The molecule has 0 unspecified atom stereocenters. The molecule has 0 aromatic carbocycles. The quantitative estimate of drug-likeness (QED) is 0.864. The Hall–Kier alpha value is -0.940. The predicted molar refractivity (Wildman–Crippen MR) is 79.1 cm³/mol. The summed E-state index contributed by atoms with van der Waals surface area (Å²) in [6.07, 6.45) is 4.01. The van der Waals surface area contributed by atoms with Gasteiger partial charge in [0.2, 0.25) is 0 Å². The number of aromatic nitrogens is 1. The van der Waals surface area contributed by atoms with Crippen LogP contribution in [0.4, 0.5) is 0 Å². The van der Waals surface area contributed by atoms with Crippen molar-refractivity contribution in [1.82, 2.24) is 15.2 Å². The molecule has 1 fully saturated rings. The van der Waals surface area contributed by atoms with E-state index in [0.29, 0.717) is 16.1 Å². The van der Waals surface area contributed by atoms with Crippen molar-refractivity contribution >= 4 is 21.8 Å². The van der Waals surface area contributed by atoms with E-state index >= 15 is 0 Å². The second-order valence-electron chi connectivity index (χ2n) is 4.93. The molecule has 1 amide bonds. The third kappa shape index (κ3) is 4.01. The van der Waals surface area contributed by atoms with Crippen LogP contribution < -0.4 is 5.32 Å². The molecule has 0 spiro atoms. The van der Waals surface area contributed by atoms with Crippen LogP contribution >= 0.6 is 15.9 Å². The minimum atomic E-state index is -0.0436. The number of halogens is 1. The summed E-state index contributed by atoms with van der Waals surface area (Å²) in [5.41, 5.74) is 0.605. The lowest BCUT2D eigenvalue weighted by atomic mass is 9.97. The van der Waals surface area contributed by atoms with Crippen molar-refractivity contribution in [2.45, 2.75) is 19.8 Å². The summed E-state index contributed by atoms with van der Waals surface area (Å²) in [5.74, 6) is 0.556. The molecule has 4 nitrogen and oxygen atoms in total. The highest BCUT2D eigenvalue weighted by atomic mass is 79.9. The van der Waals surface area contributed by atoms with Crippen molar-refractivity contribution in [2.24, 2.45) is 5.92 Å². The highest BCUT2D eigenvalue weighted by molar-refractivity contribution is 9.10. The number of hydrogen-bond donors (Lipinski definition) is 1. The van der Waals surface area contributed by atoms with Crippen molar-refractivity contribution in [1.29, 1.82) is 0 Å². The Labute approximate surface area is 122 Å². The third-order valence-corrected chi connectivity index (χ3v) is 4.34. The van der Waals surface area contributed by atoms with Crippen LogP contribution in [0.3, 0.4) is 0 Å². The Bertz CT molecular complexity index is 430. The van der Waals surface area contributed by atoms with Crippen LogP contribution in [-0.2, 0) is 0 Å². The maximum atomic E-state index is 12.0. The molecule has 19 heavy (non-hydrogen) atoms. The first-order chi connectivity index (χ1) is 9.20. The van der Waals surface area contributed by atoms with Gasteiger partial charge in [-0.15, -0.1) is 0 Å². The number of hydrogen-bond acceptors (Lipinski definition) is 3. The van der Waals surface area contributed by atoms with Crippen LogP contribution in [0.15, 0.2) is 22.9 Å². The molecule has 1 saturated heterocycles. The number of rotatable bonds is 4. The third-order valence-electron chi connectivity index (χ3n) is 3.71. The summed E-state index contributed by atoms with van der Waals surface area (Å²) in [6.45, 7) is 6.38. The molecule has 0 bridgehead atoms. The SMILES string of the molecule is CCN1CCC(CNC(=O)c2cccnc2Br)CC1. The van der Waals surface area contributed by atoms with Crippen molar-refractivity contribution in [3.8, 4) is 0 Å². The van der Waals surface area contributed by atoms with E-state index in [-0.39, 0.29) is 5.91 Å². The van der Waals surface area contributed by atoms with Gasteiger partial charge in [0.1, 0.15) is 4.60 Å². The van der Waals surface area contributed by atoms with Crippen molar-refractivity contribution in [3.63, 3.8) is 0 Å².